The number of aryl methyl sites for hydroxylation is 1. The number of amides is 2. The molecule has 0 aliphatic carbocycles. The minimum absolute atomic E-state index is 0.0640. The van der Waals surface area contributed by atoms with Crippen molar-refractivity contribution in [2.75, 3.05) is 13.1 Å². The van der Waals surface area contributed by atoms with E-state index in [0.717, 1.165) is 41.5 Å². The van der Waals surface area contributed by atoms with Crippen molar-refractivity contribution in [3.8, 4) is 0 Å². The SMILES string of the molecule is CC(=O)NCc1ccc(C(=O)N2CCC[C@@H](n3ccnc3C)C2)s1. The number of carbonyl (C=O) groups is 2. The van der Waals surface area contributed by atoms with Crippen LogP contribution < -0.4 is 5.32 Å². The van der Waals surface area contributed by atoms with Crippen molar-refractivity contribution >= 4 is 23.2 Å². The Bertz CT molecular complexity index is 737. The van der Waals surface area contributed by atoms with E-state index in [4.69, 9.17) is 0 Å². The normalized spacial score (nSPS) is 17.8. The molecule has 1 aliphatic rings. The molecule has 3 heterocycles. The fraction of sp³-hybridized carbons (Fsp3) is 0.471. The number of hydrogen-bond acceptors (Lipinski definition) is 4. The second-order valence-corrected chi connectivity index (χ2v) is 7.27. The quantitative estimate of drug-likeness (QED) is 0.924. The summed E-state index contributed by atoms with van der Waals surface area (Å²) in [5.41, 5.74) is 0. The molecule has 0 spiro atoms. The van der Waals surface area contributed by atoms with Crippen LogP contribution in [0.1, 0.15) is 46.2 Å². The Hall–Kier alpha value is -2.15. The lowest BCUT2D eigenvalue weighted by atomic mass is 10.1. The van der Waals surface area contributed by atoms with Crippen LogP contribution in [0.25, 0.3) is 0 Å². The smallest absolute Gasteiger partial charge is 0.263 e. The zero-order chi connectivity index (χ0) is 17.1. The molecular formula is C17H22N4O2S. The van der Waals surface area contributed by atoms with Gasteiger partial charge in [0.2, 0.25) is 5.91 Å². The lowest BCUT2D eigenvalue weighted by Crippen LogP contribution is -2.40. The molecule has 24 heavy (non-hydrogen) atoms. The van der Waals surface area contributed by atoms with E-state index in [1.54, 1.807) is 0 Å². The Kier molecular flexibility index (Phi) is 4.99. The number of piperidine rings is 1. The molecule has 0 aromatic carbocycles. The van der Waals surface area contributed by atoms with Crippen LogP contribution in [0.5, 0.6) is 0 Å². The largest absolute Gasteiger partial charge is 0.351 e. The fourth-order valence-corrected chi connectivity index (χ4v) is 4.01. The van der Waals surface area contributed by atoms with Crippen molar-refractivity contribution in [1.29, 1.82) is 0 Å². The molecule has 0 radical (unpaired) electrons. The van der Waals surface area contributed by atoms with Crippen LogP contribution in [0.4, 0.5) is 0 Å². The summed E-state index contributed by atoms with van der Waals surface area (Å²) in [6.45, 7) is 5.47. The predicted octanol–water partition coefficient (Wildman–Crippen LogP) is 2.37. The number of nitrogens with zero attached hydrogens (tertiary/aromatic N) is 3. The molecule has 0 unspecified atom stereocenters. The molecule has 1 fully saturated rings. The van der Waals surface area contributed by atoms with Gasteiger partial charge in [-0.25, -0.2) is 4.98 Å². The molecule has 2 amide bonds. The van der Waals surface area contributed by atoms with Gasteiger partial charge in [-0.05, 0) is 31.9 Å². The lowest BCUT2D eigenvalue weighted by Gasteiger charge is -2.33. The van der Waals surface area contributed by atoms with E-state index in [1.165, 1.54) is 18.3 Å². The van der Waals surface area contributed by atoms with E-state index in [2.05, 4.69) is 14.9 Å². The summed E-state index contributed by atoms with van der Waals surface area (Å²) in [6, 6.07) is 4.06. The number of rotatable bonds is 4. The molecule has 128 valence electrons. The summed E-state index contributed by atoms with van der Waals surface area (Å²) in [5.74, 6) is 1.01. The van der Waals surface area contributed by atoms with Crippen LogP contribution in [0.15, 0.2) is 24.5 Å². The van der Waals surface area contributed by atoms with Crippen LogP contribution in [0.3, 0.4) is 0 Å². The summed E-state index contributed by atoms with van der Waals surface area (Å²) in [4.78, 5) is 31.7. The van der Waals surface area contributed by atoms with Gasteiger partial charge in [0.25, 0.3) is 5.91 Å². The van der Waals surface area contributed by atoms with Gasteiger partial charge in [-0.2, -0.15) is 0 Å². The minimum atomic E-state index is -0.0640. The highest BCUT2D eigenvalue weighted by Crippen LogP contribution is 2.26. The zero-order valence-corrected chi connectivity index (χ0v) is 14.8. The van der Waals surface area contributed by atoms with Crippen molar-refractivity contribution in [2.45, 2.75) is 39.3 Å². The average molecular weight is 346 g/mol. The summed E-state index contributed by atoms with van der Waals surface area (Å²) in [6.07, 6.45) is 5.87. The topological polar surface area (TPSA) is 67.2 Å². The molecule has 6 nitrogen and oxygen atoms in total. The number of thiophene rings is 1. The molecule has 0 bridgehead atoms. The third-order valence-corrected chi connectivity index (χ3v) is 5.40. The summed E-state index contributed by atoms with van der Waals surface area (Å²) in [7, 11) is 0. The second kappa shape index (κ2) is 7.17. The average Bonchev–Trinajstić information content (AvgIpc) is 3.21. The zero-order valence-electron chi connectivity index (χ0n) is 14.0. The maximum Gasteiger partial charge on any atom is 0.263 e. The number of aromatic nitrogens is 2. The summed E-state index contributed by atoms with van der Waals surface area (Å²) in [5, 5.41) is 2.76. The first-order valence-electron chi connectivity index (χ1n) is 8.16. The standard InChI is InChI=1S/C17H22N4O2S/c1-12-18-7-9-21(12)14-4-3-8-20(11-14)17(23)16-6-5-15(24-16)10-19-13(2)22/h5-7,9,14H,3-4,8,10-11H2,1-2H3,(H,19,22)/t14-/m1/s1. The second-order valence-electron chi connectivity index (χ2n) is 6.10. The van der Waals surface area contributed by atoms with Crippen LogP contribution >= 0.6 is 11.3 Å². The molecule has 1 N–H and O–H groups in total. The number of carbonyl (C=O) groups excluding carboxylic acids is 2. The van der Waals surface area contributed by atoms with Gasteiger partial charge in [0.1, 0.15) is 5.82 Å². The van der Waals surface area contributed by atoms with E-state index in [1.807, 2.05) is 36.4 Å². The summed E-state index contributed by atoms with van der Waals surface area (Å²) < 4.78 is 2.16. The van der Waals surface area contributed by atoms with Gasteiger partial charge in [-0.3, -0.25) is 9.59 Å². The highest BCUT2D eigenvalue weighted by molar-refractivity contribution is 7.14. The van der Waals surface area contributed by atoms with Crippen molar-refractivity contribution in [2.24, 2.45) is 0 Å². The number of imidazole rings is 1. The Balaban J connectivity index is 1.66. The predicted molar refractivity (Wildman–Crippen MR) is 93.0 cm³/mol. The maximum atomic E-state index is 12.8. The first-order valence-corrected chi connectivity index (χ1v) is 8.98. The number of likely N-dealkylation sites (tertiary alicyclic amines) is 1. The monoisotopic (exact) mass is 346 g/mol. The van der Waals surface area contributed by atoms with E-state index in [-0.39, 0.29) is 11.8 Å². The van der Waals surface area contributed by atoms with Crippen LogP contribution in [0.2, 0.25) is 0 Å². The fourth-order valence-electron chi connectivity index (χ4n) is 3.10. The highest BCUT2D eigenvalue weighted by atomic mass is 32.1. The Morgan fingerprint density at radius 3 is 2.96 bits per heavy atom. The van der Waals surface area contributed by atoms with E-state index in [9.17, 15) is 9.59 Å². The Morgan fingerprint density at radius 2 is 2.25 bits per heavy atom. The Morgan fingerprint density at radius 1 is 1.42 bits per heavy atom. The maximum absolute atomic E-state index is 12.8. The minimum Gasteiger partial charge on any atom is -0.351 e. The van der Waals surface area contributed by atoms with E-state index >= 15 is 0 Å². The van der Waals surface area contributed by atoms with Gasteiger partial charge >= 0.3 is 0 Å². The van der Waals surface area contributed by atoms with Crippen LogP contribution in [-0.2, 0) is 11.3 Å². The molecule has 2 aromatic rings. The van der Waals surface area contributed by atoms with Crippen LogP contribution in [0, 0.1) is 6.92 Å². The molecule has 2 aromatic heterocycles. The molecule has 0 saturated carbocycles. The molecule has 1 saturated heterocycles. The molecule has 3 rings (SSSR count). The molecular weight excluding hydrogens is 324 g/mol. The van der Waals surface area contributed by atoms with Crippen molar-refractivity contribution in [1.82, 2.24) is 19.8 Å². The Labute approximate surface area is 145 Å². The van der Waals surface area contributed by atoms with E-state index in [0.29, 0.717) is 12.6 Å². The number of nitrogens with one attached hydrogen (secondary N) is 1. The first-order chi connectivity index (χ1) is 11.5. The third-order valence-electron chi connectivity index (χ3n) is 4.32. The highest BCUT2D eigenvalue weighted by Gasteiger charge is 2.26. The van der Waals surface area contributed by atoms with E-state index < -0.39 is 0 Å². The van der Waals surface area contributed by atoms with Crippen molar-refractivity contribution < 1.29 is 9.59 Å². The summed E-state index contributed by atoms with van der Waals surface area (Å²) >= 11 is 1.45. The number of hydrogen-bond donors (Lipinski definition) is 1. The molecule has 1 atom stereocenters. The lowest BCUT2D eigenvalue weighted by molar-refractivity contribution is -0.119. The molecule has 1 aliphatic heterocycles. The first kappa shape index (κ1) is 16.7. The van der Waals surface area contributed by atoms with Gasteiger partial charge < -0.3 is 14.8 Å². The van der Waals surface area contributed by atoms with Gasteiger partial charge in [0.05, 0.1) is 17.5 Å². The van der Waals surface area contributed by atoms with Gasteiger partial charge in [0, 0.05) is 37.3 Å². The van der Waals surface area contributed by atoms with Gasteiger partial charge in [-0.1, -0.05) is 0 Å². The third kappa shape index (κ3) is 3.67. The van der Waals surface area contributed by atoms with Gasteiger partial charge in [-0.15, -0.1) is 11.3 Å². The van der Waals surface area contributed by atoms with Crippen molar-refractivity contribution in [3.63, 3.8) is 0 Å². The molecule has 7 heteroatoms. The van der Waals surface area contributed by atoms with Crippen LogP contribution in [-0.4, -0.2) is 39.4 Å². The van der Waals surface area contributed by atoms with Crippen molar-refractivity contribution in [3.05, 3.63) is 40.1 Å². The van der Waals surface area contributed by atoms with Gasteiger partial charge in [0.15, 0.2) is 0 Å².